The van der Waals surface area contributed by atoms with Crippen LogP contribution >= 0.6 is 12.4 Å². The van der Waals surface area contributed by atoms with Crippen LogP contribution in [-0.2, 0) is 12.6 Å². The van der Waals surface area contributed by atoms with Crippen molar-refractivity contribution in [3.05, 3.63) is 22.9 Å². The van der Waals surface area contributed by atoms with Crippen molar-refractivity contribution in [1.29, 1.82) is 0 Å². The molecule has 1 heterocycles. The summed E-state index contributed by atoms with van der Waals surface area (Å²) in [5, 5.41) is 0. The van der Waals surface area contributed by atoms with E-state index in [9.17, 15) is 13.2 Å². The summed E-state index contributed by atoms with van der Waals surface area (Å²) < 4.78 is 38.0. The first-order valence-corrected chi connectivity index (χ1v) is 4.51. The Hall–Kier alpha value is -1.01. The van der Waals surface area contributed by atoms with E-state index in [2.05, 4.69) is 4.98 Å². The lowest BCUT2D eigenvalue weighted by molar-refractivity contribution is -0.138. The maximum absolute atomic E-state index is 12.7. The summed E-state index contributed by atoms with van der Waals surface area (Å²) in [7, 11) is 0. The third kappa shape index (κ3) is 2.08. The van der Waals surface area contributed by atoms with Crippen molar-refractivity contribution in [3.8, 4) is 0 Å². The first-order valence-electron chi connectivity index (χ1n) is 4.51. The summed E-state index contributed by atoms with van der Waals surface area (Å²) in [6, 6.07) is 0.272. The molecule has 90 valence electrons. The van der Waals surface area contributed by atoms with Crippen molar-refractivity contribution in [2.75, 3.05) is 5.73 Å². The van der Waals surface area contributed by atoms with Gasteiger partial charge in [0.05, 0.1) is 5.56 Å². The minimum Gasteiger partial charge on any atom is -0.384 e. The number of nitrogens with two attached hydrogens (primary N) is 2. The highest BCUT2D eigenvalue weighted by molar-refractivity contribution is 5.85. The van der Waals surface area contributed by atoms with E-state index >= 15 is 0 Å². The third-order valence-corrected chi connectivity index (χ3v) is 2.53. The SMILES string of the molecule is Cl.Nc1cc(C(F)(F)F)c2c(n1)CCC2N. The average molecular weight is 254 g/mol. The van der Waals surface area contributed by atoms with Crippen LogP contribution in [0, 0.1) is 0 Å². The molecule has 1 aromatic heterocycles. The third-order valence-electron chi connectivity index (χ3n) is 2.53. The van der Waals surface area contributed by atoms with Crippen LogP contribution in [-0.4, -0.2) is 4.98 Å². The molecule has 16 heavy (non-hydrogen) atoms. The van der Waals surface area contributed by atoms with E-state index in [1.165, 1.54) is 0 Å². The number of anilines is 1. The monoisotopic (exact) mass is 253 g/mol. The van der Waals surface area contributed by atoms with Gasteiger partial charge in [-0.2, -0.15) is 13.2 Å². The highest BCUT2D eigenvalue weighted by atomic mass is 35.5. The molecule has 0 saturated carbocycles. The fourth-order valence-corrected chi connectivity index (χ4v) is 1.90. The van der Waals surface area contributed by atoms with E-state index in [4.69, 9.17) is 11.5 Å². The lowest BCUT2D eigenvalue weighted by atomic mass is 10.0. The maximum Gasteiger partial charge on any atom is 0.416 e. The van der Waals surface area contributed by atoms with Crippen molar-refractivity contribution >= 4 is 18.2 Å². The molecule has 0 bridgehead atoms. The second-order valence-corrected chi connectivity index (χ2v) is 3.60. The predicted molar refractivity (Wildman–Crippen MR) is 56.1 cm³/mol. The van der Waals surface area contributed by atoms with Gasteiger partial charge in [0.2, 0.25) is 0 Å². The molecule has 2 rings (SSSR count). The highest BCUT2D eigenvalue weighted by Crippen LogP contribution is 2.40. The Kier molecular flexibility index (Phi) is 3.35. The molecule has 1 atom stereocenters. The summed E-state index contributed by atoms with van der Waals surface area (Å²) in [6.07, 6.45) is -3.46. The van der Waals surface area contributed by atoms with Gasteiger partial charge < -0.3 is 11.5 Å². The maximum atomic E-state index is 12.7. The Morgan fingerprint density at radius 2 is 2.00 bits per heavy atom. The molecule has 0 radical (unpaired) electrons. The lowest BCUT2D eigenvalue weighted by Crippen LogP contribution is -2.16. The minimum absolute atomic E-state index is 0. The predicted octanol–water partition coefficient (Wildman–Crippen LogP) is 2.05. The van der Waals surface area contributed by atoms with Gasteiger partial charge in [-0.15, -0.1) is 12.4 Å². The van der Waals surface area contributed by atoms with Crippen molar-refractivity contribution in [2.24, 2.45) is 5.73 Å². The van der Waals surface area contributed by atoms with Crippen LogP contribution in [0.15, 0.2) is 6.07 Å². The number of fused-ring (bicyclic) bond motifs is 1. The van der Waals surface area contributed by atoms with E-state index < -0.39 is 17.8 Å². The summed E-state index contributed by atoms with van der Waals surface area (Å²) in [6.45, 7) is 0. The van der Waals surface area contributed by atoms with Gasteiger partial charge in [0.1, 0.15) is 5.82 Å². The first-order chi connectivity index (χ1) is 6.89. The first kappa shape index (κ1) is 13.1. The van der Waals surface area contributed by atoms with Crippen LogP contribution in [0.25, 0.3) is 0 Å². The number of nitrogens with zero attached hydrogens (tertiary/aromatic N) is 1. The smallest absolute Gasteiger partial charge is 0.384 e. The number of nitrogen functional groups attached to an aromatic ring is 1. The van der Waals surface area contributed by atoms with E-state index in [1.54, 1.807) is 0 Å². The standard InChI is InChI=1S/C9H10F3N3.ClH/c10-9(11,12)4-3-7(14)15-6-2-1-5(13)8(4)6;/h3,5H,1-2,13H2,(H2,14,15);1H. The van der Waals surface area contributed by atoms with Gasteiger partial charge in [-0.3, -0.25) is 0 Å². The van der Waals surface area contributed by atoms with Gasteiger partial charge >= 0.3 is 6.18 Å². The van der Waals surface area contributed by atoms with Crippen molar-refractivity contribution in [2.45, 2.75) is 25.1 Å². The number of hydrogen-bond donors (Lipinski definition) is 2. The van der Waals surface area contributed by atoms with Crippen LogP contribution in [0.2, 0.25) is 0 Å². The molecule has 1 aromatic rings. The summed E-state index contributed by atoms with van der Waals surface area (Å²) in [5.74, 6) is -0.102. The summed E-state index contributed by atoms with van der Waals surface area (Å²) >= 11 is 0. The number of aryl methyl sites for hydroxylation is 1. The van der Waals surface area contributed by atoms with E-state index in [-0.39, 0.29) is 23.8 Å². The second-order valence-electron chi connectivity index (χ2n) is 3.60. The topological polar surface area (TPSA) is 64.9 Å². The molecule has 1 unspecified atom stereocenters. The number of rotatable bonds is 0. The van der Waals surface area contributed by atoms with E-state index in [1.807, 2.05) is 0 Å². The van der Waals surface area contributed by atoms with Gasteiger partial charge in [0.15, 0.2) is 0 Å². The Bertz CT molecular complexity index is 406. The van der Waals surface area contributed by atoms with Gasteiger partial charge in [-0.25, -0.2) is 4.98 Å². The zero-order chi connectivity index (χ0) is 11.2. The van der Waals surface area contributed by atoms with Crippen molar-refractivity contribution in [1.82, 2.24) is 4.98 Å². The van der Waals surface area contributed by atoms with Crippen molar-refractivity contribution in [3.63, 3.8) is 0 Å². The molecule has 0 amide bonds. The minimum atomic E-state index is -4.41. The zero-order valence-electron chi connectivity index (χ0n) is 8.21. The molecule has 4 N–H and O–H groups in total. The number of aromatic nitrogens is 1. The molecule has 1 aliphatic rings. The molecule has 0 spiro atoms. The normalized spacial score (nSPS) is 19.1. The number of pyridine rings is 1. The quantitative estimate of drug-likeness (QED) is 0.744. The van der Waals surface area contributed by atoms with Crippen LogP contribution in [0.1, 0.15) is 29.3 Å². The molecule has 7 heteroatoms. The second kappa shape index (κ2) is 4.10. The molecular formula is C9H11ClF3N3. The lowest BCUT2D eigenvalue weighted by Gasteiger charge is -2.15. The van der Waals surface area contributed by atoms with Crippen LogP contribution in [0.4, 0.5) is 19.0 Å². The largest absolute Gasteiger partial charge is 0.416 e. The van der Waals surface area contributed by atoms with Gasteiger partial charge in [0, 0.05) is 17.3 Å². The fourth-order valence-electron chi connectivity index (χ4n) is 1.90. The Labute approximate surface area is 96.4 Å². The van der Waals surface area contributed by atoms with Crippen LogP contribution in [0.3, 0.4) is 0 Å². The number of hydrogen-bond acceptors (Lipinski definition) is 3. The fraction of sp³-hybridized carbons (Fsp3) is 0.444. The number of alkyl halides is 3. The zero-order valence-corrected chi connectivity index (χ0v) is 9.03. The van der Waals surface area contributed by atoms with Gasteiger partial charge in [-0.1, -0.05) is 0 Å². The molecule has 1 aliphatic carbocycles. The Morgan fingerprint density at radius 3 is 2.56 bits per heavy atom. The van der Waals surface area contributed by atoms with Crippen LogP contribution in [0.5, 0.6) is 0 Å². The summed E-state index contributed by atoms with van der Waals surface area (Å²) in [4.78, 5) is 3.88. The Morgan fingerprint density at radius 1 is 1.38 bits per heavy atom. The van der Waals surface area contributed by atoms with E-state index in [0.29, 0.717) is 18.5 Å². The average Bonchev–Trinajstić information content (AvgIpc) is 2.44. The molecule has 0 fully saturated rings. The molecule has 0 aliphatic heterocycles. The number of halogens is 4. The Balaban J connectivity index is 0.00000128. The van der Waals surface area contributed by atoms with Gasteiger partial charge in [-0.05, 0) is 18.9 Å². The molecule has 0 aromatic carbocycles. The molecule has 3 nitrogen and oxygen atoms in total. The van der Waals surface area contributed by atoms with Gasteiger partial charge in [0.25, 0.3) is 0 Å². The molecular weight excluding hydrogens is 243 g/mol. The van der Waals surface area contributed by atoms with E-state index in [0.717, 1.165) is 6.07 Å². The summed E-state index contributed by atoms with van der Waals surface area (Å²) in [5.41, 5.74) is 10.7. The van der Waals surface area contributed by atoms with Crippen molar-refractivity contribution < 1.29 is 13.2 Å². The molecule has 0 saturated heterocycles. The highest BCUT2D eigenvalue weighted by Gasteiger charge is 2.38. The van der Waals surface area contributed by atoms with Crippen LogP contribution < -0.4 is 11.5 Å².